The number of thiophene rings is 1. The average molecular weight is 323 g/mol. The molecule has 2 aromatic rings. The van der Waals surface area contributed by atoms with E-state index in [1.807, 2.05) is 6.92 Å². The fourth-order valence-electron chi connectivity index (χ4n) is 1.67. The molecule has 1 heterocycles. The quantitative estimate of drug-likeness (QED) is 0.832. The molecule has 0 saturated carbocycles. The molecular weight excluding hydrogens is 311 g/mol. The Labute approximate surface area is 130 Å². The van der Waals surface area contributed by atoms with Gasteiger partial charge < -0.3 is 11.1 Å². The van der Waals surface area contributed by atoms with Crippen molar-refractivity contribution < 1.29 is 9.18 Å². The maximum absolute atomic E-state index is 13.2. The van der Waals surface area contributed by atoms with Crippen LogP contribution in [0.1, 0.15) is 20.1 Å². The van der Waals surface area contributed by atoms with Gasteiger partial charge >= 0.3 is 0 Å². The van der Waals surface area contributed by atoms with Crippen molar-refractivity contribution in [3.63, 3.8) is 0 Å². The number of carbonyl (C=O) groups is 1. The number of aryl methyl sites for hydroxylation is 1. The van der Waals surface area contributed by atoms with Crippen LogP contribution in [0.25, 0.3) is 0 Å². The van der Waals surface area contributed by atoms with E-state index in [2.05, 4.69) is 17.2 Å². The van der Waals surface area contributed by atoms with Gasteiger partial charge in [-0.15, -0.1) is 11.3 Å². The van der Waals surface area contributed by atoms with E-state index >= 15 is 0 Å². The molecule has 0 fully saturated rings. The van der Waals surface area contributed by atoms with E-state index in [0.29, 0.717) is 10.6 Å². The monoisotopic (exact) mass is 322 g/mol. The highest BCUT2D eigenvalue weighted by molar-refractivity contribution is 7.14. The largest absolute Gasteiger partial charge is 0.321 e. The third-order valence-corrected chi connectivity index (χ3v) is 3.94. The lowest BCUT2D eigenvalue weighted by atomic mass is 10.2. The lowest BCUT2D eigenvalue weighted by Gasteiger charge is -2.04. The van der Waals surface area contributed by atoms with Crippen molar-refractivity contribution in [2.45, 2.75) is 6.92 Å². The van der Waals surface area contributed by atoms with Gasteiger partial charge in [-0.2, -0.15) is 0 Å². The van der Waals surface area contributed by atoms with Crippen LogP contribution in [0.2, 0.25) is 5.02 Å². The van der Waals surface area contributed by atoms with Crippen molar-refractivity contribution in [1.29, 1.82) is 0 Å². The van der Waals surface area contributed by atoms with Crippen LogP contribution in [0.15, 0.2) is 24.3 Å². The molecule has 0 atom stereocenters. The second-order valence-electron chi connectivity index (χ2n) is 4.24. The number of rotatable bonds is 2. The van der Waals surface area contributed by atoms with Crippen LogP contribution in [0, 0.1) is 24.6 Å². The highest BCUT2D eigenvalue weighted by Gasteiger charge is 2.12. The summed E-state index contributed by atoms with van der Waals surface area (Å²) in [5.74, 6) is 4.83. The molecule has 0 unspecified atom stereocenters. The molecule has 1 aromatic carbocycles. The minimum atomic E-state index is -0.505. The number of anilines is 1. The third kappa shape index (κ3) is 4.05. The van der Waals surface area contributed by atoms with E-state index in [-0.39, 0.29) is 17.5 Å². The molecular formula is C15H12ClFN2OS. The summed E-state index contributed by atoms with van der Waals surface area (Å²) in [7, 11) is 0. The topological polar surface area (TPSA) is 55.1 Å². The first-order valence-corrected chi connectivity index (χ1v) is 7.26. The van der Waals surface area contributed by atoms with Crippen LogP contribution in [-0.2, 0) is 0 Å². The summed E-state index contributed by atoms with van der Waals surface area (Å²) in [6.07, 6.45) is 0. The van der Waals surface area contributed by atoms with E-state index < -0.39 is 5.82 Å². The number of benzene rings is 1. The molecule has 1 aromatic heterocycles. The van der Waals surface area contributed by atoms with Gasteiger partial charge in [0.2, 0.25) is 0 Å². The number of halogens is 2. The summed E-state index contributed by atoms with van der Waals surface area (Å²) in [5.41, 5.74) is 6.54. The first-order valence-electron chi connectivity index (χ1n) is 6.06. The maximum atomic E-state index is 13.2. The lowest BCUT2D eigenvalue weighted by molar-refractivity contribution is 0.103. The Morgan fingerprint density at radius 1 is 1.43 bits per heavy atom. The van der Waals surface area contributed by atoms with Crippen molar-refractivity contribution in [2.75, 3.05) is 11.9 Å². The molecule has 21 heavy (non-hydrogen) atoms. The van der Waals surface area contributed by atoms with Crippen molar-refractivity contribution in [3.05, 3.63) is 50.4 Å². The number of nitrogens with two attached hydrogens (primary N) is 1. The highest BCUT2D eigenvalue weighted by atomic mass is 35.5. The van der Waals surface area contributed by atoms with Gasteiger partial charge in [0.15, 0.2) is 0 Å². The predicted molar refractivity (Wildman–Crippen MR) is 84.4 cm³/mol. The predicted octanol–water partition coefficient (Wildman–Crippen LogP) is 3.41. The summed E-state index contributed by atoms with van der Waals surface area (Å²) in [6.45, 7) is 2.13. The highest BCUT2D eigenvalue weighted by Crippen LogP contribution is 2.23. The molecule has 3 N–H and O–H groups in total. The average Bonchev–Trinajstić information content (AvgIpc) is 2.76. The lowest BCUT2D eigenvalue weighted by Crippen LogP contribution is -2.10. The van der Waals surface area contributed by atoms with Gasteiger partial charge in [-0.05, 0) is 36.8 Å². The van der Waals surface area contributed by atoms with E-state index in [9.17, 15) is 9.18 Å². The summed E-state index contributed by atoms with van der Waals surface area (Å²) in [5, 5.41) is 2.83. The van der Waals surface area contributed by atoms with Gasteiger partial charge in [-0.3, -0.25) is 4.79 Å². The third-order valence-electron chi connectivity index (χ3n) is 2.57. The van der Waals surface area contributed by atoms with Crippen molar-refractivity contribution >= 4 is 34.5 Å². The molecule has 0 aliphatic carbocycles. The molecule has 0 bridgehead atoms. The SMILES string of the molecule is Cc1cc(C(=O)Nc2cc(F)cc(Cl)c2)sc1C#CCN. The number of carbonyl (C=O) groups excluding carboxylic acids is 1. The molecule has 0 aliphatic rings. The van der Waals surface area contributed by atoms with Crippen molar-refractivity contribution in [1.82, 2.24) is 0 Å². The zero-order valence-corrected chi connectivity index (χ0v) is 12.7. The Hall–Kier alpha value is -1.87. The van der Waals surface area contributed by atoms with Gasteiger partial charge in [0.1, 0.15) is 5.82 Å². The van der Waals surface area contributed by atoms with E-state index in [4.69, 9.17) is 17.3 Å². The van der Waals surface area contributed by atoms with Crippen LogP contribution in [0.4, 0.5) is 10.1 Å². The van der Waals surface area contributed by atoms with Gasteiger partial charge in [0.25, 0.3) is 5.91 Å². The van der Waals surface area contributed by atoms with Gasteiger partial charge in [-0.1, -0.05) is 23.4 Å². The molecule has 1 amide bonds. The molecule has 0 spiro atoms. The Kier molecular flexibility index (Phi) is 4.97. The molecule has 0 radical (unpaired) electrons. The second kappa shape index (κ2) is 6.72. The van der Waals surface area contributed by atoms with E-state index in [1.54, 1.807) is 6.07 Å². The van der Waals surface area contributed by atoms with Crippen LogP contribution < -0.4 is 11.1 Å². The number of hydrogen-bond acceptors (Lipinski definition) is 3. The number of nitrogens with one attached hydrogen (secondary N) is 1. The Morgan fingerprint density at radius 2 is 2.19 bits per heavy atom. The maximum Gasteiger partial charge on any atom is 0.265 e. The van der Waals surface area contributed by atoms with Crippen LogP contribution in [-0.4, -0.2) is 12.5 Å². The van der Waals surface area contributed by atoms with Crippen molar-refractivity contribution in [2.24, 2.45) is 5.73 Å². The summed E-state index contributed by atoms with van der Waals surface area (Å²) >= 11 is 7.01. The fourth-order valence-corrected chi connectivity index (χ4v) is 2.83. The smallest absolute Gasteiger partial charge is 0.265 e. The zero-order chi connectivity index (χ0) is 15.4. The zero-order valence-electron chi connectivity index (χ0n) is 11.2. The first-order chi connectivity index (χ1) is 9.99. The molecule has 3 nitrogen and oxygen atoms in total. The van der Waals surface area contributed by atoms with Crippen LogP contribution >= 0.6 is 22.9 Å². The summed E-state index contributed by atoms with van der Waals surface area (Å²) < 4.78 is 13.2. The number of amides is 1. The van der Waals surface area contributed by atoms with Gasteiger partial charge in [0, 0.05) is 10.7 Å². The molecule has 6 heteroatoms. The van der Waals surface area contributed by atoms with Crippen molar-refractivity contribution in [3.8, 4) is 11.8 Å². The normalized spacial score (nSPS) is 9.90. The minimum Gasteiger partial charge on any atom is -0.321 e. The Bertz CT molecular complexity index is 726. The first kappa shape index (κ1) is 15.5. The summed E-state index contributed by atoms with van der Waals surface area (Å²) in [6, 6.07) is 5.60. The van der Waals surface area contributed by atoms with Crippen LogP contribution in [0.3, 0.4) is 0 Å². The Morgan fingerprint density at radius 3 is 2.86 bits per heavy atom. The molecule has 0 saturated heterocycles. The van der Waals surface area contributed by atoms with Gasteiger partial charge in [-0.25, -0.2) is 4.39 Å². The Balaban J connectivity index is 2.20. The van der Waals surface area contributed by atoms with Gasteiger partial charge in [0.05, 0.1) is 16.3 Å². The van der Waals surface area contributed by atoms with E-state index in [0.717, 1.165) is 10.4 Å². The molecule has 2 rings (SSSR count). The van der Waals surface area contributed by atoms with E-state index in [1.165, 1.54) is 29.5 Å². The number of hydrogen-bond donors (Lipinski definition) is 2. The molecule has 0 aliphatic heterocycles. The fraction of sp³-hybridized carbons (Fsp3) is 0.133. The second-order valence-corrected chi connectivity index (χ2v) is 5.73. The minimum absolute atomic E-state index is 0.224. The molecule has 108 valence electrons. The van der Waals surface area contributed by atoms with Crippen LogP contribution in [0.5, 0.6) is 0 Å². The summed E-state index contributed by atoms with van der Waals surface area (Å²) in [4.78, 5) is 13.4. The standard InChI is InChI=1S/C15H12ClFN2OS/c1-9-5-14(21-13(9)3-2-4-18)15(20)19-12-7-10(16)6-11(17)8-12/h5-8H,4,18H2,1H3,(H,19,20).